The Morgan fingerprint density at radius 2 is 1.48 bits per heavy atom. The van der Waals surface area contributed by atoms with Gasteiger partial charge in [0.1, 0.15) is 13.1 Å². The van der Waals surface area contributed by atoms with Gasteiger partial charge in [0.05, 0.1) is 0 Å². The van der Waals surface area contributed by atoms with Crippen LogP contribution >= 0.6 is 0 Å². The largest absolute Gasteiger partial charge is 0.480 e. The first kappa shape index (κ1) is 17.6. The van der Waals surface area contributed by atoms with Gasteiger partial charge in [-0.15, -0.1) is 0 Å². The first-order valence-corrected chi connectivity index (χ1v) is 8.20. The van der Waals surface area contributed by atoms with E-state index in [-0.39, 0.29) is 5.54 Å². The van der Waals surface area contributed by atoms with Crippen LogP contribution in [0.15, 0.2) is 0 Å². The van der Waals surface area contributed by atoms with Crippen LogP contribution < -0.4 is 5.32 Å². The molecule has 2 aliphatic carbocycles. The maximum atomic E-state index is 12.5. The highest BCUT2D eigenvalue weighted by Crippen LogP contribution is 2.47. The van der Waals surface area contributed by atoms with Gasteiger partial charge in [-0.1, -0.05) is 13.8 Å². The molecule has 23 heavy (non-hydrogen) atoms. The van der Waals surface area contributed by atoms with Crippen LogP contribution in [0, 0.1) is 17.8 Å². The van der Waals surface area contributed by atoms with Crippen molar-refractivity contribution in [1.29, 1.82) is 0 Å². The van der Waals surface area contributed by atoms with Crippen molar-refractivity contribution in [3.8, 4) is 0 Å². The Labute approximate surface area is 136 Å². The number of carbonyl (C=O) groups is 3. The van der Waals surface area contributed by atoms with Crippen LogP contribution in [0.25, 0.3) is 0 Å². The fourth-order valence-electron chi connectivity index (χ4n) is 4.69. The molecule has 0 aromatic heterocycles. The Morgan fingerprint density at radius 3 is 1.91 bits per heavy atom. The number of hydrogen-bond acceptors (Lipinski definition) is 3. The van der Waals surface area contributed by atoms with E-state index in [4.69, 9.17) is 10.2 Å². The third-order valence-electron chi connectivity index (χ3n) is 4.94. The van der Waals surface area contributed by atoms with Crippen molar-refractivity contribution in [3.63, 3.8) is 0 Å². The lowest BCUT2D eigenvalue weighted by Crippen LogP contribution is -2.59. The molecule has 2 saturated carbocycles. The molecule has 0 aromatic carbocycles. The summed E-state index contributed by atoms with van der Waals surface area (Å²) in [6.45, 7) is 3.14. The van der Waals surface area contributed by atoms with E-state index in [0.29, 0.717) is 17.8 Å². The van der Waals surface area contributed by atoms with Crippen molar-refractivity contribution in [2.45, 2.75) is 51.5 Å². The van der Waals surface area contributed by atoms with E-state index in [0.717, 1.165) is 37.0 Å². The lowest BCUT2D eigenvalue weighted by molar-refractivity contribution is -0.140. The minimum Gasteiger partial charge on any atom is -0.480 e. The monoisotopic (exact) mass is 326 g/mol. The molecule has 2 rings (SSSR count). The standard InChI is InChI=1S/C16H26N2O5/c1-10-3-12-4-11(2)6-16(5-10,7-12)17-15(23)18(8-13(19)20)9-14(21)22/h10-12H,3-9H2,1-2H3,(H,17,23)(H,19,20)(H,21,22). The summed E-state index contributed by atoms with van der Waals surface area (Å²) in [7, 11) is 0. The Kier molecular flexibility index (Phi) is 5.16. The number of nitrogens with zero attached hydrogens (tertiary/aromatic N) is 1. The Morgan fingerprint density at radius 1 is 1.00 bits per heavy atom. The van der Waals surface area contributed by atoms with Crippen LogP contribution in [0.2, 0.25) is 0 Å². The highest BCUT2D eigenvalue weighted by molar-refractivity contribution is 5.84. The summed E-state index contributed by atoms with van der Waals surface area (Å²) in [4.78, 5) is 35.1. The summed E-state index contributed by atoms with van der Waals surface area (Å²) in [6, 6.07) is -0.586. The molecular weight excluding hydrogens is 300 g/mol. The smallest absolute Gasteiger partial charge is 0.323 e. The summed E-state index contributed by atoms with van der Waals surface area (Å²) >= 11 is 0. The molecule has 2 bridgehead atoms. The van der Waals surface area contributed by atoms with E-state index in [9.17, 15) is 14.4 Å². The number of nitrogens with one attached hydrogen (secondary N) is 1. The molecule has 2 aliphatic rings. The molecule has 130 valence electrons. The highest BCUT2D eigenvalue weighted by Gasteiger charge is 2.45. The number of amides is 2. The van der Waals surface area contributed by atoms with E-state index < -0.39 is 31.1 Å². The quantitative estimate of drug-likeness (QED) is 0.714. The first-order valence-electron chi connectivity index (χ1n) is 8.20. The second-order valence-electron chi connectivity index (χ2n) is 7.51. The van der Waals surface area contributed by atoms with Gasteiger partial charge >= 0.3 is 18.0 Å². The number of urea groups is 1. The molecule has 0 aliphatic heterocycles. The van der Waals surface area contributed by atoms with Gasteiger partial charge in [0.15, 0.2) is 0 Å². The molecule has 0 saturated heterocycles. The fourth-order valence-corrected chi connectivity index (χ4v) is 4.69. The molecule has 2 unspecified atom stereocenters. The number of aliphatic carboxylic acids is 2. The first-order chi connectivity index (χ1) is 10.7. The maximum absolute atomic E-state index is 12.5. The third kappa shape index (κ3) is 4.59. The molecule has 2 fully saturated rings. The van der Waals surface area contributed by atoms with Crippen molar-refractivity contribution in [1.82, 2.24) is 10.2 Å². The Bertz CT molecular complexity index is 457. The van der Waals surface area contributed by atoms with Gasteiger partial charge in [-0.25, -0.2) is 4.79 Å². The topological polar surface area (TPSA) is 107 Å². The van der Waals surface area contributed by atoms with Crippen molar-refractivity contribution in [3.05, 3.63) is 0 Å². The molecular formula is C16H26N2O5. The average molecular weight is 326 g/mol. The van der Waals surface area contributed by atoms with E-state index in [1.807, 2.05) is 0 Å². The minimum atomic E-state index is -1.22. The van der Waals surface area contributed by atoms with Gasteiger partial charge in [-0.05, 0) is 49.9 Å². The Balaban J connectivity index is 2.11. The summed E-state index contributed by atoms with van der Waals surface area (Å²) in [5.74, 6) is -0.838. The lowest BCUT2D eigenvalue weighted by Gasteiger charge is -2.50. The molecule has 7 nitrogen and oxygen atoms in total. The summed E-state index contributed by atoms with van der Waals surface area (Å²) in [5, 5.41) is 20.8. The summed E-state index contributed by atoms with van der Waals surface area (Å²) in [6.07, 6.45) is 4.97. The zero-order valence-corrected chi connectivity index (χ0v) is 13.7. The third-order valence-corrected chi connectivity index (χ3v) is 4.94. The van der Waals surface area contributed by atoms with Gasteiger partial charge in [0.25, 0.3) is 0 Å². The van der Waals surface area contributed by atoms with Gasteiger partial charge in [-0.2, -0.15) is 0 Å². The number of carboxylic acid groups (broad SMARTS) is 2. The number of rotatable bonds is 5. The zero-order chi connectivity index (χ0) is 17.2. The van der Waals surface area contributed by atoms with Gasteiger partial charge in [0, 0.05) is 5.54 Å². The SMILES string of the molecule is CC1CC2CC(C)CC(NC(=O)N(CC(=O)O)CC(=O)O)(C1)C2. The lowest BCUT2D eigenvalue weighted by atomic mass is 9.61. The summed E-state index contributed by atoms with van der Waals surface area (Å²) < 4.78 is 0. The van der Waals surface area contributed by atoms with E-state index in [1.54, 1.807) is 0 Å². The van der Waals surface area contributed by atoms with Crippen LogP contribution in [0.1, 0.15) is 46.0 Å². The fraction of sp³-hybridized carbons (Fsp3) is 0.812. The van der Waals surface area contributed by atoms with Crippen molar-refractivity contribution < 1.29 is 24.6 Å². The average Bonchev–Trinajstić information content (AvgIpc) is 2.33. The Hall–Kier alpha value is -1.79. The van der Waals surface area contributed by atoms with Crippen molar-refractivity contribution >= 4 is 18.0 Å². The van der Waals surface area contributed by atoms with Gasteiger partial charge in [-0.3, -0.25) is 9.59 Å². The van der Waals surface area contributed by atoms with E-state index in [1.165, 1.54) is 0 Å². The molecule has 0 spiro atoms. The van der Waals surface area contributed by atoms with Crippen LogP contribution in [-0.2, 0) is 9.59 Å². The number of carbonyl (C=O) groups excluding carboxylic acids is 1. The van der Waals surface area contributed by atoms with Gasteiger partial charge < -0.3 is 20.4 Å². The van der Waals surface area contributed by atoms with Gasteiger partial charge in [0.2, 0.25) is 0 Å². The zero-order valence-electron chi connectivity index (χ0n) is 13.7. The van der Waals surface area contributed by atoms with Crippen LogP contribution in [-0.4, -0.2) is 51.7 Å². The molecule has 0 heterocycles. The molecule has 2 atom stereocenters. The van der Waals surface area contributed by atoms with Crippen molar-refractivity contribution in [2.75, 3.05) is 13.1 Å². The number of carboxylic acids is 2. The number of fused-ring (bicyclic) bond motifs is 2. The highest BCUT2D eigenvalue weighted by atomic mass is 16.4. The molecule has 3 N–H and O–H groups in total. The molecule has 2 amide bonds. The van der Waals surface area contributed by atoms with Crippen molar-refractivity contribution in [2.24, 2.45) is 17.8 Å². The van der Waals surface area contributed by atoms with Crippen LogP contribution in [0.3, 0.4) is 0 Å². The summed E-state index contributed by atoms with van der Waals surface area (Å²) in [5.41, 5.74) is -0.327. The second kappa shape index (κ2) is 6.76. The molecule has 0 aromatic rings. The van der Waals surface area contributed by atoms with E-state index in [2.05, 4.69) is 19.2 Å². The second-order valence-corrected chi connectivity index (χ2v) is 7.51. The predicted octanol–water partition coefficient (Wildman–Crippen LogP) is 1.77. The normalized spacial score (nSPS) is 32.9. The number of hydrogen-bond donors (Lipinski definition) is 3. The maximum Gasteiger partial charge on any atom is 0.323 e. The molecule has 7 heteroatoms. The van der Waals surface area contributed by atoms with Crippen LogP contribution in [0.5, 0.6) is 0 Å². The van der Waals surface area contributed by atoms with E-state index >= 15 is 0 Å². The molecule has 0 radical (unpaired) electrons. The predicted molar refractivity (Wildman–Crippen MR) is 83.0 cm³/mol. The van der Waals surface area contributed by atoms with Crippen LogP contribution in [0.4, 0.5) is 4.79 Å². The minimum absolute atomic E-state index is 0.327.